The van der Waals surface area contributed by atoms with E-state index in [2.05, 4.69) is 59.1 Å². The summed E-state index contributed by atoms with van der Waals surface area (Å²) in [5, 5.41) is 8.76. The third-order valence-corrected chi connectivity index (χ3v) is 5.14. The minimum atomic E-state index is -0.447. The van der Waals surface area contributed by atoms with Gasteiger partial charge in [0, 0.05) is 6.20 Å². The van der Waals surface area contributed by atoms with E-state index in [9.17, 15) is 4.79 Å². The van der Waals surface area contributed by atoms with Gasteiger partial charge in [-0.25, -0.2) is 14.5 Å². The van der Waals surface area contributed by atoms with Crippen molar-refractivity contribution in [2.24, 2.45) is 0 Å². The minimum Gasteiger partial charge on any atom is -0.479 e. The van der Waals surface area contributed by atoms with Gasteiger partial charge in [-0.1, -0.05) is 23.8 Å². The van der Waals surface area contributed by atoms with Gasteiger partial charge in [0.05, 0.1) is 37.7 Å². The summed E-state index contributed by atoms with van der Waals surface area (Å²) in [6.07, 6.45) is 4.63. The van der Waals surface area contributed by atoms with Crippen molar-refractivity contribution in [3.63, 3.8) is 0 Å². The van der Waals surface area contributed by atoms with Crippen LogP contribution in [0.3, 0.4) is 0 Å². The van der Waals surface area contributed by atoms with Crippen LogP contribution in [-0.2, 0) is 4.74 Å². The number of rotatable bonds is 6. The molecule has 9 heteroatoms. The van der Waals surface area contributed by atoms with Crippen molar-refractivity contribution in [1.29, 1.82) is 0 Å². The molecule has 0 N–H and O–H groups in total. The molecule has 0 radical (unpaired) electrons. The second-order valence-electron chi connectivity index (χ2n) is 7.29. The summed E-state index contributed by atoms with van der Waals surface area (Å²) < 4.78 is 13.9. The molecule has 160 valence electrons. The third kappa shape index (κ3) is 3.74. The summed E-state index contributed by atoms with van der Waals surface area (Å²) >= 11 is 0. The molecule has 1 aromatic carbocycles. The van der Waals surface area contributed by atoms with E-state index in [0.29, 0.717) is 22.5 Å². The normalized spacial score (nSPS) is 12.2. The molecular weight excluding hydrogens is 396 g/mol. The van der Waals surface area contributed by atoms with Crippen LogP contribution in [-0.4, -0.2) is 49.2 Å². The molecule has 9 nitrogen and oxygen atoms in total. The lowest BCUT2D eigenvalue weighted by Gasteiger charge is -2.18. The number of ether oxygens (including phenoxy) is 2. The van der Waals surface area contributed by atoms with Crippen LogP contribution in [0.25, 0.3) is 17.0 Å². The van der Waals surface area contributed by atoms with Crippen LogP contribution < -0.4 is 4.74 Å². The molecule has 3 heterocycles. The maximum Gasteiger partial charge on any atom is 0.341 e. The molecule has 0 amide bonds. The number of aryl methyl sites for hydroxylation is 2. The molecule has 0 spiro atoms. The number of methoxy groups -OCH3 is 1. The van der Waals surface area contributed by atoms with Crippen molar-refractivity contribution < 1.29 is 14.3 Å². The van der Waals surface area contributed by atoms with E-state index < -0.39 is 5.97 Å². The van der Waals surface area contributed by atoms with Gasteiger partial charge in [-0.2, -0.15) is 15.2 Å². The zero-order valence-corrected chi connectivity index (χ0v) is 18.2. The molecule has 0 bridgehead atoms. The fourth-order valence-electron chi connectivity index (χ4n) is 3.55. The molecule has 31 heavy (non-hydrogen) atoms. The summed E-state index contributed by atoms with van der Waals surface area (Å²) in [5.74, 6) is 0.207. The van der Waals surface area contributed by atoms with Crippen LogP contribution in [0.2, 0.25) is 0 Å². The van der Waals surface area contributed by atoms with Crippen LogP contribution >= 0.6 is 0 Å². The maximum absolute atomic E-state index is 11.9. The molecular formula is C22H24N6O3. The lowest BCUT2D eigenvalue weighted by molar-refractivity contribution is 0.0526. The summed E-state index contributed by atoms with van der Waals surface area (Å²) in [6.45, 7) is 8.28. The van der Waals surface area contributed by atoms with Crippen molar-refractivity contribution in [1.82, 2.24) is 29.5 Å². The Kier molecular flexibility index (Phi) is 5.41. The summed E-state index contributed by atoms with van der Waals surface area (Å²) in [7, 11) is 1.55. The monoisotopic (exact) mass is 420 g/mol. The van der Waals surface area contributed by atoms with Gasteiger partial charge in [-0.15, -0.1) is 0 Å². The zero-order valence-electron chi connectivity index (χ0n) is 18.2. The molecule has 0 aliphatic heterocycles. The van der Waals surface area contributed by atoms with Crippen LogP contribution in [0.5, 0.6) is 5.88 Å². The van der Waals surface area contributed by atoms with E-state index in [0.717, 1.165) is 0 Å². The summed E-state index contributed by atoms with van der Waals surface area (Å²) in [6, 6.07) is 6.32. The smallest absolute Gasteiger partial charge is 0.341 e. The molecule has 0 aliphatic rings. The molecule has 0 fully saturated rings. The third-order valence-electron chi connectivity index (χ3n) is 5.14. The van der Waals surface area contributed by atoms with Gasteiger partial charge in [0.1, 0.15) is 11.0 Å². The topological polar surface area (TPSA) is 97.0 Å². The van der Waals surface area contributed by atoms with Gasteiger partial charge in [-0.3, -0.25) is 4.68 Å². The summed E-state index contributed by atoms with van der Waals surface area (Å²) in [5.41, 5.74) is 5.17. The van der Waals surface area contributed by atoms with E-state index in [-0.39, 0.29) is 18.6 Å². The molecule has 1 atom stereocenters. The molecule has 4 rings (SSSR count). The fourth-order valence-corrected chi connectivity index (χ4v) is 3.55. The number of carbonyl (C=O) groups is 1. The molecule has 3 aromatic heterocycles. The number of fused-ring (bicyclic) bond motifs is 1. The van der Waals surface area contributed by atoms with Crippen molar-refractivity contribution >= 4 is 17.0 Å². The van der Waals surface area contributed by atoms with Gasteiger partial charge < -0.3 is 9.47 Å². The first kappa shape index (κ1) is 20.5. The molecule has 0 saturated heterocycles. The van der Waals surface area contributed by atoms with Gasteiger partial charge in [0.25, 0.3) is 5.95 Å². The summed E-state index contributed by atoms with van der Waals surface area (Å²) in [4.78, 5) is 21.0. The lowest BCUT2D eigenvalue weighted by atomic mass is 10.00. The highest BCUT2D eigenvalue weighted by Gasteiger charge is 2.21. The Bertz CT molecular complexity index is 1260. The number of aromatic nitrogens is 6. The predicted octanol–water partition coefficient (Wildman–Crippen LogP) is 3.42. The highest BCUT2D eigenvalue weighted by Crippen LogP contribution is 2.30. The van der Waals surface area contributed by atoms with Gasteiger partial charge in [0.15, 0.2) is 0 Å². The van der Waals surface area contributed by atoms with E-state index in [1.165, 1.54) is 33.8 Å². The van der Waals surface area contributed by atoms with Gasteiger partial charge in [0.2, 0.25) is 5.88 Å². The van der Waals surface area contributed by atoms with Crippen LogP contribution in [0, 0.1) is 13.8 Å². The Hall–Kier alpha value is -3.75. The number of benzene rings is 1. The minimum absolute atomic E-state index is 0.0409. The average Bonchev–Trinajstić information content (AvgIpc) is 3.42. The first-order valence-electron chi connectivity index (χ1n) is 10.0. The first-order chi connectivity index (χ1) is 14.9. The van der Waals surface area contributed by atoms with Crippen LogP contribution in [0.1, 0.15) is 46.9 Å². The van der Waals surface area contributed by atoms with Gasteiger partial charge in [-0.05, 0) is 38.8 Å². The Morgan fingerprint density at radius 3 is 2.71 bits per heavy atom. The molecule has 0 unspecified atom stereocenters. The zero-order chi connectivity index (χ0) is 22.1. The van der Waals surface area contributed by atoms with E-state index in [4.69, 9.17) is 9.47 Å². The second kappa shape index (κ2) is 8.17. The first-order valence-corrected chi connectivity index (χ1v) is 10.0. The number of hydrogen-bond acceptors (Lipinski definition) is 7. The van der Waals surface area contributed by atoms with E-state index in [1.54, 1.807) is 20.2 Å². The predicted molar refractivity (Wildman–Crippen MR) is 115 cm³/mol. The van der Waals surface area contributed by atoms with Gasteiger partial charge >= 0.3 is 5.97 Å². The SMILES string of the molecule is CCOC(=O)c1cnn(-c2nc(OC)c3c(cnn3[C@@H](C)c3cc(C)ccc3C)n2)c1. The quantitative estimate of drug-likeness (QED) is 0.441. The van der Waals surface area contributed by atoms with Crippen LogP contribution in [0.15, 0.2) is 36.8 Å². The Morgan fingerprint density at radius 2 is 1.97 bits per heavy atom. The number of esters is 1. The average molecular weight is 420 g/mol. The van der Waals surface area contributed by atoms with E-state index >= 15 is 0 Å². The number of hydrogen-bond donors (Lipinski definition) is 0. The van der Waals surface area contributed by atoms with Crippen molar-refractivity contribution in [3.8, 4) is 11.8 Å². The largest absolute Gasteiger partial charge is 0.479 e. The maximum atomic E-state index is 11.9. The standard InChI is InChI=1S/C22H24N6O3/c1-6-31-21(29)16-10-23-27(12-16)22-25-18-11-24-28(19(18)20(26-22)30-5)15(4)17-9-13(2)7-8-14(17)3/h7-12,15H,6H2,1-5H3/t15-/m0/s1. The Morgan fingerprint density at radius 1 is 1.16 bits per heavy atom. The van der Waals surface area contributed by atoms with Crippen LogP contribution in [0.4, 0.5) is 0 Å². The fraction of sp³-hybridized carbons (Fsp3) is 0.318. The highest BCUT2D eigenvalue weighted by atomic mass is 16.5. The Labute approximate surface area is 179 Å². The van der Waals surface area contributed by atoms with E-state index in [1.807, 2.05) is 4.68 Å². The number of nitrogens with zero attached hydrogens (tertiary/aromatic N) is 6. The molecule has 4 aromatic rings. The van der Waals surface area contributed by atoms with Crippen molar-refractivity contribution in [2.45, 2.75) is 33.7 Å². The molecule has 0 aliphatic carbocycles. The number of carbonyl (C=O) groups excluding carboxylic acids is 1. The second-order valence-corrected chi connectivity index (χ2v) is 7.29. The lowest BCUT2D eigenvalue weighted by Crippen LogP contribution is -2.12. The highest BCUT2D eigenvalue weighted by molar-refractivity contribution is 5.88. The van der Waals surface area contributed by atoms with Crippen molar-refractivity contribution in [3.05, 3.63) is 59.0 Å². The molecule has 0 saturated carbocycles. The Balaban J connectivity index is 1.77. The van der Waals surface area contributed by atoms with Crippen molar-refractivity contribution in [2.75, 3.05) is 13.7 Å².